The van der Waals surface area contributed by atoms with Gasteiger partial charge in [-0.2, -0.15) is 0 Å². The summed E-state index contributed by atoms with van der Waals surface area (Å²) in [7, 11) is 1.59. The van der Waals surface area contributed by atoms with E-state index < -0.39 is 5.82 Å². The Kier molecular flexibility index (Phi) is 4.58. The molecule has 2 N–H and O–H groups in total. The molecule has 2 aromatic carbocycles. The molecule has 104 valence electrons. The Hall–Kier alpha value is -2.07. The molecule has 0 saturated carbocycles. The van der Waals surface area contributed by atoms with Crippen LogP contribution in [0.25, 0.3) is 0 Å². The Bertz CT molecular complexity index is 614. The molecule has 3 nitrogen and oxygen atoms in total. The van der Waals surface area contributed by atoms with Crippen molar-refractivity contribution >= 4 is 23.2 Å². The maximum absolute atomic E-state index is 13.0. The van der Waals surface area contributed by atoms with E-state index in [2.05, 4.69) is 10.6 Å². The zero-order valence-electron chi connectivity index (χ0n) is 10.9. The summed E-state index contributed by atoms with van der Waals surface area (Å²) < 4.78 is 13.0. The molecule has 2 rings (SSSR count). The minimum absolute atomic E-state index is 0.110. The lowest BCUT2D eigenvalue weighted by atomic mass is 10.2. The van der Waals surface area contributed by atoms with Crippen molar-refractivity contribution in [1.29, 1.82) is 0 Å². The molecule has 0 bridgehead atoms. The highest BCUT2D eigenvalue weighted by molar-refractivity contribution is 6.30. The summed E-state index contributed by atoms with van der Waals surface area (Å²) in [5.41, 5.74) is 2.35. The fourth-order valence-corrected chi connectivity index (χ4v) is 1.94. The minimum Gasteiger partial charge on any atom is -0.381 e. The van der Waals surface area contributed by atoms with Crippen molar-refractivity contribution in [2.75, 3.05) is 12.4 Å². The zero-order valence-corrected chi connectivity index (χ0v) is 11.7. The average Bonchev–Trinajstić information content (AvgIpc) is 2.48. The Morgan fingerprint density at radius 1 is 1.20 bits per heavy atom. The molecule has 0 aromatic heterocycles. The van der Waals surface area contributed by atoms with Gasteiger partial charge in [0.2, 0.25) is 0 Å². The van der Waals surface area contributed by atoms with E-state index in [-0.39, 0.29) is 10.9 Å². The topological polar surface area (TPSA) is 41.1 Å². The Balaban J connectivity index is 2.00. The van der Waals surface area contributed by atoms with Gasteiger partial charge in [-0.25, -0.2) is 4.39 Å². The SMILES string of the molecule is CNC(=O)c1ccc(NCc2ccc(F)c(Cl)c2)cc1. The second-order valence-electron chi connectivity index (χ2n) is 4.26. The van der Waals surface area contributed by atoms with E-state index in [0.717, 1.165) is 11.3 Å². The number of halogens is 2. The number of anilines is 1. The molecule has 1 amide bonds. The summed E-state index contributed by atoms with van der Waals surface area (Å²) in [5.74, 6) is -0.549. The van der Waals surface area contributed by atoms with Crippen molar-refractivity contribution in [3.63, 3.8) is 0 Å². The van der Waals surface area contributed by atoms with Gasteiger partial charge in [0.25, 0.3) is 5.91 Å². The molecule has 0 aliphatic rings. The van der Waals surface area contributed by atoms with Gasteiger partial charge < -0.3 is 10.6 Å². The maximum atomic E-state index is 13.0. The molecule has 0 atom stereocenters. The third-order valence-corrected chi connectivity index (χ3v) is 3.14. The van der Waals surface area contributed by atoms with Crippen molar-refractivity contribution < 1.29 is 9.18 Å². The third-order valence-electron chi connectivity index (χ3n) is 2.85. The quantitative estimate of drug-likeness (QED) is 0.906. The monoisotopic (exact) mass is 292 g/mol. The fourth-order valence-electron chi connectivity index (χ4n) is 1.74. The maximum Gasteiger partial charge on any atom is 0.251 e. The number of benzene rings is 2. The van der Waals surface area contributed by atoms with Crippen LogP contribution in [0.4, 0.5) is 10.1 Å². The molecule has 20 heavy (non-hydrogen) atoms. The zero-order chi connectivity index (χ0) is 14.5. The van der Waals surface area contributed by atoms with Crippen LogP contribution in [0.1, 0.15) is 15.9 Å². The van der Waals surface area contributed by atoms with Crippen LogP contribution >= 0.6 is 11.6 Å². The molecule has 0 saturated heterocycles. The van der Waals surface area contributed by atoms with Crippen LogP contribution in [-0.2, 0) is 6.54 Å². The Morgan fingerprint density at radius 2 is 1.90 bits per heavy atom. The van der Waals surface area contributed by atoms with Gasteiger partial charge in [-0.15, -0.1) is 0 Å². The lowest BCUT2D eigenvalue weighted by molar-refractivity contribution is 0.0963. The number of hydrogen-bond donors (Lipinski definition) is 2. The van der Waals surface area contributed by atoms with Crippen LogP contribution in [0.5, 0.6) is 0 Å². The smallest absolute Gasteiger partial charge is 0.251 e. The Morgan fingerprint density at radius 3 is 2.50 bits per heavy atom. The van der Waals surface area contributed by atoms with E-state index in [1.165, 1.54) is 6.07 Å². The minimum atomic E-state index is -0.426. The second kappa shape index (κ2) is 6.39. The first-order valence-electron chi connectivity index (χ1n) is 6.10. The van der Waals surface area contributed by atoms with E-state index in [9.17, 15) is 9.18 Å². The van der Waals surface area contributed by atoms with Gasteiger partial charge >= 0.3 is 0 Å². The van der Waals surface area contributed by atoms with Crippen LogP contribution in [0.3, 0.4) is 0 Å². The Labute approximate surface area is 121 Å². The van der Waals surface area contributed by atoms with Crippen LogP contribution in [0.15, 0.2) is 42.5 Å². The third kappa shape index (κ3) is 3.48. The van der Waals surface area contributed by atoms with Gasteiger partial charge in [-0.05, 0) is 42.0 Å². The van der Waals surface area contributed by atoms with Gasteiger partial charge in [0.05, 0.1) is 5.02 Å². The molecule has 0 unspecified atom stereocenters. The number of amides is 1. The van der Waals surface area contributed by atoms with E-state index in [1.54, 1.807) is 31.3 Å². The van der Waals surface area contributed by atoms with E-state index >= 15 is 0 Å². The highest BCUT2D eigenvalue weighted by atomic mass is 35.5. The van der Waals surface area contributed by atoms with Crippen LogP contribution < -0.4 is 10.6 Å². The summed E-state index contributed by atoms with van der Waals surface area (Å²) in [4.78, 5) is 11.4. The van der Waals surface area contributed by atoms with Crippen molar-refractivity contribution in [2.24, 2.45) is 0 Å². The van der Waals surface area contributed by atoms with E-state index in [4.69, 9.17) is 11.6 Å². The summed E-state index contributed by atoms with van der Waals surface area (Å²) in [6.07, 6.45) is 0. The highest BCUT2D eigenvalue weighted by Crippen LogP contribution is 2.17. The van der Waals surface area contributed by atoms with Gasteiger partial charge in [0.15, 0.2) is 0 Å². The standard InChI is InChI=1S/C15H14ClFN2O/c1-18-15(20)11-3-5-12(6-4-11)19-9-10-2-7-14(17)13(16)8-10/h2-8,19H,9H2,1H3,(H,18,20). The summed E-state index contributed by atoms with van der Waals surface area (Å²) in [6, 6.07) is 11.7. The molecule has 0 radical (unpaired) electrons. The highest BCUT2D eigenvalue weighted by Gasteiger charge is 2.03. The summed E-state index contributed by atoms with van der Waals surface area (Å²) >= 11 is 5.72. The van der Waals surface area contributed by atoms with Crippen molar-refractivity contribution in [3.05, 3.63) is 64.4 Å². The molecule has 2 aromatic rings. The van der Waals surface area contributed by atoms with Gasteiger partial charge in [-0.3, -0.25) is 4.79 Å². The molecule has 0 fully saturated rings. The van der Waals surface area contributed by atoms with Crippen molar-refractivity contribution in [3.8, 4) is 0 Å². The number of nitrogens with one attached hydrogen (secondary N) is 2. The van der Waals surface area contributed by atoms with Gasteiger partial charge in [-0.1, -0.05) is 17.7 Å². The summed E-state index contributed by atoms with van der Waals surface area (Å²) in [6.45, 7) is 0.527. The van der Waals surface area contributed by atoms with Crippen LogP contribution in [-0.4, -0.2) is 13.0 Å². The number of hydrogen-bond acceptors (Lipinski definition) is 2. The van der Waals surface area contributed by atoms with Gasteiger partial charge in [0.1, 0.15) is 5.82 Å². The first-order chi connectivity index (χ1) is 9.60. The molecule has 0 aliphatic heterocycles. The largest absolute Gasteiger partial charge is 0.381 e. The van der Waals surface area contributed by atoms with E-state index in [1.807, 2.05) is 12.1 Å². The molecule has 0 spiro atoms. The summed E-state index contributed by atoms with van der Waals surface area (Å²) in [5, 5.41) is 5.85. The normalized spacial score (nSPS) is 10.2. The first-order valence-corrected chi connectivity index (χ1v) is 6.48. The first kappa shape index (κ1) is 14.3. The lowest BCUT2D eigenvalue weighted by Gasteiger charge is -2.08. The fraction of sp³-hybridized carbons (Fsp3) is 0.133. The molecular weight excluding hydrogens is 279 g/mol. The second-order valence-corrected chi connectivity index (χ2v) is 4.67. The number of carbonyl (C=O) groups excluding carboxylic acids is 1. The van der Waals surface area contributed by atoms with Crippen molar-refractivity contribution in [2.45, 2.75) is 6.54 Å². The molecule has 5 heteroatoms. The molecule has 0 aliphatic carbocycles. The van der Waals surface area contributed by atoms with Crippen LogP contribution in [0, 0.1) is 5.82 Å². The predicted octanol–water partition coefficient (Wildman–Crippen LogP) is 3.45. The van der Waals surface area contributed by atoms with Gasteiger partial charge in [0, 0.05) is 24.8 Å². The van der Waals surface area contributed by atoms with Crippen molar-refractivity contribution in [1.82, 2.24) is 5.32 Å². The molecule has 0 heterocycles. The van der Waals surface area contributed by atoms with Crippen LogP contribution in [0.2, 0.25) is 5.02 Å². The predicted molar refractivity (Wildman–Crippen MR) is 78.6 cm³/mol. The number of carbonyl (C=O) groups is 1. The lowest BCUT2D eigenvalue weighted by Crippen LogP contribution is -2.17. The average molecular weight is 293 g/mol. The van der Waals surface area contributed by atoms with E-state index in [0.29, 0.717) is 12.1 Å². The molecular formula is C15H14ClFN2O. The number of rotatable bonds is 4.